The molecule has 2 aromatic rings. The van der Waals surface area contributed by atoms with Gasteiger partial charge in [0.15, 0.2) is 0 Å². The highest BCUT2D eigenvalue weighted by Crippen LogP contribution is 2.31. The molecule has 0 N–H and O–H groups in total. The summed E-state index contributed by atoms with van der Waals surface area (Å²) in [5, 5.41) is 0.600. The van der Waals surface area contributed by atoms with Gasteiger partial charge in [-0.2, -0.15) is 13.2 Å². The standard InChI is InChI=1S/C9H3BrF3IN2/c10-5-3-15-8(14)4-1-2-6(9(11,12)13)16-7(4)5/h1-3H. The summed E-state index contributed by atoms with van der Waals surface area (Å²) >= 11 is 5.09. The normalized spacial score (nSPS) is 12.1. The average Bonchev–Trinajstić information content (AvgIpc) is 2.22. The summed E-state index contributed by atoms with van der Waals surface area (Å²) in [6.07, 6.45) is -2.99. The summed E-state index contributed by atoms with van der Waals surface area (Å²) in [5.41, 5.74) is -0.628. The molecule has 0 radical (unpaired) electrons. The van der Waals surface area contributed by atoms with Gasteiger partial charge in [-0.05, 0) is 50.7 Å². The summed E-state index contributed by atoms with van der Waals surface area (Å²) in [4.78, 5) is 7.61. The van der Waals surface area contributed by atoms with E-state index < -0.39 is 11.9 Å². The van der Waals surface area contributed by atoms with E-state index >= 15 is 0 Å². The summed E-state index contributed by atoms with van der Waals surface area (Å²) in [5.74, 6) is 0. The van der Waals surface area contributed by atoms with E-state index in [0.717, 1.165) is 6.07 Å². The maximum Gasteiger partial charge on any atom is 0.433 e. The van der Waals surface area contributed by atoms with Gasteiger partial charge in [-0.3, -0.25) is 0 Å². The van der Waals surface area contributed by atoms with Gasteiger partial charge in [0.2, 0.25) is 0 Å². The van der Waals surface area contributed by atoms with Gasteiger partial charge in [-0.25, -0.2) is 9.97 Å². The first-order valence-electron chi connectivity index (χ1n) is 4.07. The van der Waals surface area contributed by atoms with Crippen LogP contribution in [0.25, 0.3) is 10.9 Å². The van der Waals surface area contributed by atoms with E-state index in [0.29, 0.717) is 13.6 Å². The first-order valence-corrected chi connectivity index (χ1v) is 5.95. The van der Waals surface area contributed by atoms with Crippen LogP contribution in [0, 0.1) is 3.70 Å². The van der Waals surface area contributed by atoms with Gasteiger partial charge in [0.25, 0.3) is 0 Å². The molecule has 0 saturated heterocycles. The quantitative estimate of drug-likeness (QED) is 0.491. The minimum absolute atomic E-state index is 0.272. The zero-order chi connectivity index (χ0) is 11.9. The summed E-state index contributed by atoms with van der Waals surface area (Å²) in [6, 6.07) is 2.34. The summed E-state index contributed by atoms with van der Waals surface area (Å²) < 4.78 is 38.4. The molecule has 0 fully saturated rings. The monoisotopic (exact) mass is 402 g/mol. The number of nitrogens with zero attached hydrogens (tertiary/aromatic N) is 2. The zero-order valence-corrected chi connectivity index (χ0v) is 11.3. The minimum atomic E-state index is -4.43. The van der Waals surface area contributed by atoms with Gasteiger partial charge in [-0.1, -0.05) is 0 Å². The van der Waals surface area contributed by atoms with Crippen LogP contribution < -0.4 is 0 Å². The molecule has 2 heterocycles. The van der Waals surface area contributed by atoms with Crippen LogP contribution in [0.5, 0.6) is 0 Å². The third-order valence-corrected chi connectivity index (χ3v) is 3.37. The maximum atomic E-state index is 12.5. The van der Waals surface area contributed by atoms with Crippen molar-refractivity contribution in [3.8, 4) is 0 Å². The molecule has 16 heavy (non-hydrogen) atoms. The predicted molar refractivity (Wildman–Crippen MR) is 65.0 cm³/mol. The number of hydrogen-bond donors (Lipinski definition) is 0. The van der Waals surface area contributed by atoms with Crippen LogP contribution in [0.1, 0.15) is 5.69 Å². The highest BCUT2D eigenvalue weighted by Gasteiger charge is 2.32. The third kappa shape index (κ3) is 2.15. The Bertz CT molecular complexity index is 556. The van der Waals surface area contributed by atoms with Crippen molar-refractivity contribution in [2.45, 2.75) is 6.18 Å². The SMILES string of the molecule is FC(F)(F)c1ccc2c(I)ncc(Br)c2n1. The van der Waals surface area contributed by atoms with Crippen molar-refractivity contribution in [1.82, 2.24) is 9.97 Å². The smallest absolute Gasteiger partial charge is 0.248 e. The topological polar surface area (TPSA) is 25.8 Å². The highest BCUT2D eigenvalue weighted by atomic mass is 127. The predicted octanol–water partition coefficient (Wildman–Crippen LogP) is 4.02. The van der Waals surface area contributed by atoms with E-state index in [1.807, 2.05) is 22.6 Å². The Labute approximate surface area is 111 Å². The molecule has 0 amide bonds. The maximum absolute atomic E-state index is 12.5. The molecule has 2 nitrogen and oxygen atoms in total. The Morgan fingerprint density at radius 3 is 2.56 bits per heavy atom. The number of pyridine rings is 2. The Hall–Kier alpha value is -0.440. The number of fused-ring (bicyclic) bond motifs is 1. The Kier molecular flexibility index (Phi) is 3.08. The molecule has 0 atom stereocenters. The second kappa shape index (κ2) is 4.10. The molecule has 84 valence electrons. The van der Waals surface area contributed by atoms with Gasteiger partial charge in [-0.15, -0.1) is 0 Å². The first-order chi connectivity index (χ1) is 7.39. The van der Waals surface area contributed by atoms with E-state index in [1.54, 1.807) is 0 Å². The molecule has 0 spiro atoms. The lowest BCUT2D eigenvalue weighted by Gasteiger charge is -2.08. The van der Waals surface area contributed by atoms with Crippen LogP contribution in [0.4, 0.5) is 13.2 Å². The number of rotatable bonds is 0. The number of halogens is 5. The average molecular weight is 403 g/mol. The number of hydrogen-bond acceptors (Lipinski definition) is 2. The molecule has 0 bridgehead atoms. The van der Waals surface area contributed by atoms with Crippen molar-refractivity contribution in [2.75, 3.05) is 0 Å². The fraction of sp³-hybridized carbons (Fsp3) is 0.111. The number of alkyl halides is 3. The van der Waals surface area contributed by atoms with Crippen LogP contribution in [0.15, 0.2) is 22.8 Å². The fourth-order valence-electron chi connectivity index (χ4n) is 1.21. The zero-order valence-electron chi connectivity index (χ0n) is 7.52. The van der Waals surface area contributed by atoms with E-state index in [9.17, 15) is 13.2 Å². The van der Waals surface area contributed by atoms with Crippen molar-refractivity contribution in [3.05, 3.63) is 32.2 Å². The van der Waals surface area contributed by atoms with Crippen molar-refractivity contribution in [3.63, 3.8) is 0 Å². The number of aromatic nitrogens is 2. The second-order valence-corrected chi connectivity index (χ2v) is 4.86. The molecular weight excluding hydrogens is 400 g/mol. The first kappa shape index (κ1) is 12.0. The largest absolute Gasteiger partial charge is 0.433 e. The van der Waals surface area contributed by atoms with Gasteiger partial charge in [0, 0.05) is 11.6 Å². The van der Waals surface area contributed by atoms with Gasteiger partial charge in [0.05, 0.1) is 9.99 Å². The van der Waals surface area contributed by atoms with Crippen LogP contribution in [-0.4, -0.2) is 9.97 Å². The molecule has 2 rings (SSSR count). The lowest BCUT2D eigenvalue weighted by Crippen LogP contribution is -2.08. The second-order valence-electron chi connectivity index (χ2n) is 2.99. The lowest BCUT2D eigenvalue weighted by molar-refractivity contribution is -0.140. The van der Waals surface area contributed by atoms with E-state index in [4.69, 9.17) is 0 Å². The van der Waals surface area contributed by atoms with Gasteiger partial charge in [0.1, 0.15) is 9.39 Å². The molecule has 0 aliphatic heterocycles. The highest BCUT2D eigenvalue weighted by molar-refractivity contribution is 14.1. The molecule has 0 aliphatic carbocycles. The Balaban J connectivity index is 2.76. The van der Waals surface area contributed by atoms with Crippen LogP contribution in [0.3, 0.4) is 0 Å². The minimum Gasteiger partial charge on any atom is -0.248 e. The Morgan fingerprint density at radius 2 is 1.94 bits per heavy atom. The van der Waals surface area contributed by atoms with Crippen LogP contribution in [-0.2, 0) is 6.18 Å². The lowest BCUT2D eigenvalue weighted by atomic mass is 10.2. The van der Waals surface area contributed by atoms with E-state index in [-0.39, 0.29) is 5.52 Å². The van der Waals surface area contributed by atoms with E-state index in [1.165, 1.54) is 12.3 Å². The van der Waals surface area contributed by atoms with Crippen LogP contribution in [0.2, 0.25) is 0 Å². The summed E-state index contributed by atoms with van der Waals surface area (Å²) in [6.45, 7) is 0. The molecule has 0 unspecified atom stereocenters. The summed E-state index contributed by atoms with van der Waals surface area (Å²) in [7, 11) is 0. The molecule has 0 aromatic carbocycles. The molecule has 2 aromatic heterocycles. The molecule has 0 saturated carbocycles. The van der Waals surface area contributed by atoms with Crippen LogP contribution >= 0.6 is 38.5 Å². The van der Waals surface area contributed by atoms with Crippen molar-refractivity contribution < 1.29 is 13.2 Å². The Morgan fingerprint density at radius 1 is 1.25 bits per heavy atom. The van der Waals surface area contributed by atoms with Crippen molar-refractivity contribution in [2.24, 2.45) is 0 Å². The van der Waals surface area contributed by atoms with E-state index in [2.05, 4.69) is 25.9 Å². The molecular formula is C9H3BrF3IN2. The molecule has 0 aliphatic rings. The molecule has 7 heteroatoms. The van der Waals surface area contributed by atoms with Gasteiger partial charge < -0.3 is 0 Å². The van der Waals surface area contributed by atoms with Crippen molar-refractivity contribution in [1.29, 1.82) is 0 Å². The fourth-order valence-corrected chi connectivity index (χ4v) is 2.19. The van der Waals surface area contributed by atoms with Crippen molar-refractivity contribution >= 4 is 49.4 Å². The third-order valence-electron chi connectivity index (χ3n) is 1.93. The van der Waals surface area contributed by atoms with Gasteiger partial charge >= 0.3 is 6.18 Å².